The molecule has 0 aliphatic carbocycles. The molecule has 0 spiro atoms. The van der Waals surface area contributed by atoms with E-state index in [0.717, 1.165) is 27.2 Å². The van der Waals surface area contributed by atoms with E-state index >= 15 is 0 Å². The molecule has 0 aliphatic rings. The third-order valence-corrected chi connectivity index (χ3v) is 3.28. The van der Waals surface area contributed by atoms with Crippen LogP contribution in [0.1, 0.15) is 11.4 Å². The lowest BCUT2D eigenvalue weighted by Gasteiger charge is -2.12. The number of benzene rings is 1. The van der Waals surface area contributed by atoms with E-state index in [2.05, 4.69) is 25.9 Å². The Hall–Kier alpha value is -1.49. The summed E-state index contributed by atoms with van der Waals surface area (Å²) in [6.07, 6.45) is 0. The summed E-state index contributed by atoms with van der Waals surface area (Å²) in [5, 5.41) is 0. The Bertz CT molecular complexity index is 559. The number of ether oxygens (including phenoxy) is 2. The van der Waals surface area contributed by atoms with Gasteiger partial charge in [-0.05, 0) is 26.0 Å². The van der Waals surface area contributed by atoms with Gasteiger partial charge >= 0.3 is 0 Å². The molecule has 0 bridgehead atoms. The first-order valence-electron chi connectivity index (χ1n) is 5.52. The van der Waals surface area contributed by atoms with Gasteiger partial charge in [-0.1, -0.05) is 15.9 Å². The van der Waals surface area contributed by atoms with Gasteiger partial charge in [0.1, 0.15) is 5.82 Å². The van der Waals surface area contributed by atoms with Gasteiger partial charge in [-0.25, -0.2) is 4.98 Å². The molecule has 0 atom stereocenters. The van der Waals surface area contributed by atoms with Crippen LogP contribution in [0.4, 0.5) is 0 Å². The normalized spacial score (nSPS) is 10.5. The highest BCUT2D eigenvalue weighted by atomic mass is 79.9. The van der Waals surface area contributed by atoms with Crippen LogP contribution in [0.15, 0.2) is 16.6 Å². The molecule has 0 fully saturated rings. The van der Waals surface area contributed by atoms with Gasteiger partial charge in [-0.2, -0.15) is 0 Å². The molecular weight excluding hydrogens is 296 g/mol. The Morgan fingerprint density at radius 1 is 1.17 bits per heavy atom. The van der Waals surface area contributed by atoms with Crippen molar-refractivity contribution in [2.75, 3.05) is 14.2 Å². The Balaban J connectivity index is 2.65. The summed E-state index contributed by atoms with van der Waals surface area (Å²) in [5.74, 6) is 2.13. The molecule has 4 nitrogen and oxygen atoms in total. The molecule has 5 heteroatoms. The predicted octanol–water partition coefficient (Wildman–Crippen LogP) is 3.47. The van der Waals surface area contributed by atoms with E-state index in [1.165, 1.54) is 0 Å². The molecule has 0 amide bonds. The van der Waals surface area contributed by atoms with E-state index in [1.54, 1.807) is 14.2 Å². The molecule has 18 heavy (non-hydrogen) atoms. The highest BCUT2D eigenvalue weighted by molar-refractivity contribution is 9.10. The van der Waals surface area contributed by atoms with Crippen LogP contribution in [0.25, 0.3) is 11.4 Å². The van der Waals surface area contributed by atoms with Crippen molar-refractivity contribution in [3.8, 4) is 22.9 Å². The molecule has 0 saturated carbocycles. The fraction of sp³-hybridized carbons (Fsp3) is 0.308. The second kappa shape index (κ2) is 5.02. The van der Waals surface area contributed by atoms with Gasteiger partial charge in [-0.3, -0.25) is 0 Å². The zero-order valence-corrected chi connectivity index (χ0v) is 12.4. The molecule has 96 valence electrons. The number of aryl methyl sites for hydroxylation is 2. The quantitative estimate of drug-likeness (QED) is 0.944. The fourth-order valence-corrected chi connectivity index (χ4v) is 2.22. The van der Waals surface area contributed by atoms with Crippen LogP contribution in [-0.4, -0.2) is 24.2 Å². The molecule has 0 aliphatic heterocycles. The first-order chi connectivity index (χ1) is 8.56. The van der Waals surface area contributed by atoms with Gasteiger partial charge < -0.3 is 14.5 Å². The van der Waals surface area contributed by atoms with E-state index in [1.807, 2.05) is 26.0 Å². The summed E-state index contributed by atoms with van der Waals surface area (Å²) >= 11 is 3.46. The van der Waals surface area contributed by atoms with Crippen LogP contribution >= 0.6 is 15.9 Å². The molecule has 1 aromatic heterocycles. The molecule has 2 rings (SSSR count). The van der Waals surface area contributed by atoms with Crippen LogP contribution in [0.3, 0.4) is 0 Å². The zero-order valence-electron chi connectivity index (χ0n) is 10.8. The van der Waals surface area contributed by atoms with E-state index in [-0.39, 0.29) is 0 Å². The van der Waals surface area contributed by atoms with Crippen molar-refractivity contribution in [3.05, 3.63) is 28.0 Å². The lowest BCUT2D eigenvalue weighted by molar-refractivity contribution is 0.355. The van der Waals surface area contributed by atoms with E-state index in [0.29, 0.717) is 11.5 Å². The van der Waals surface area contributed by atoms with Crippen LogP contribution in [0.2, 0.25) is 0 Å². The van der Waals surface area contributed by atoms with Crippen molar-refractivity contribution in [1.29, 1.82) is 0 Å². The maximum atomic E-state index is 5.42. The molecule has 1 heterocycles. The smallest absolute Gasteiger partial charge is 0.171 e. The zero-order chi connectivity index (χ0) is 13.3. The van der Waals surface area contributed by atoms with Crippen LogP contribution < -0.4 is 9.47 Å². The monoisotopic (exact) mass is 310 g/mol. The molecule has 2 aromatic rings. The highest BCUT2D eigenvalue weighted by Crippen LogP contribution is 2.39. The summed E-state index contributed by atoms with van der Waals surface area (Å²) in [4.78, 5) is 7.74. The number of hydrogen-bond acceptors (Lipinski definition) is 3. The summed E-state index contributed by atoms with van der Waals surface area (Å²) in [5.41, 5.74) is 2.90. The van der Waals surface area contributed by atoms with Gasteiger partial charge in [0.2, 0.25) is 0 Å². The summed E-state index contributed by atoms with van der Waals surface area (Å²) in [6, 6.07) is 3.82. The van der Waals surface area contributed by atoms with Crippen molar-refractivity contribution in [1.82, 2.24) is 9.97 Å². The molecular formula is C13H15BrN2O2. The maximum absolute atomic E-state index is 5.42. The number of nitrogens with zero attached hydrogens (tertiary/aromatic N) is 1. The van der Waals surface area contributed by atoms with Crippen LogP contribution in [0.5, 0.6) is 11.5 Å². The highest BCUT2D eigenvalue weighted by Gasteiger charge is 2.16. The van der Waals surface area contributed by atoms with Crippen LogP contribution in [0, 0.1) is 13.8 Å². The number of rotatable bonds is 3. The third kappa shape index (κ3) is 2.22. The number of methoxy groups -OCH3 is 2. The third-order valence-electron chi connectivity index (χ3n) is 2.83. The largest absolute Gasteiger partial charge is 0.493 e. The fourth-order valence-electron chi connectivity index (χ4n) is 1.78. The molecule has 0 radical (unpaired) electrons. The topological polar surface area (TPSA) is 47.1 Å². The standard InChI is InChI=1S/C13H15BrN2O2/c1-7-8(2)16-13(15-7)10-5-9(14)6-11(17-3)12(10)18-4/h5-6H,1-4H3,(H,15,16). The molecule has 1 aromatic carbocycles. The van der Waals surface area contributed by atoms with Gasteiger partial charge in [0.25, 0.3) is 0 Å². The first kappa shape index (κ1) is 13.0. The Kier molecular flexibility index (Phi) is 3.61. The average Bonchev–Trinajstić information content (AvgIpc) is 2.68. The Labute approximate surface area is 114 Å². The number of nitrogens with one attached hydrogen (secondary N) is 1. The predicted molar refractivity (Wildman–Crippen MR) is 74.3 cm³/mol. The van der Waals surface area contributed by atoms with E-state index < -0.39 is 0 Å². The van der Waals surface area contributed by atoms with Gasteiger partial charge in [0, 0.05) is 10.2 Å². The van der Waals surface area contributed by atoms with Crippen molar-refractivity contribution in [2.24, 2.45) is 0 Å². The summed E-state index contributed by atoms with van der Waals surface area (Å²) in [7, 11) is 3.24. The van der Waals surface area contributed by atoms with Crippen molar-refractivity contribution < 1.29 is 9.47 Å². The van der Waals surface area contributed by atoms with Crippen molar-refractivity contribution in [2.45, 2.75) is 13.8 Å². The number of hydrogen-bond donors (Lipinski definition) is 1. The Morgan fingerprint density at radius 3 is 2.39 bits per heavy atom. The second-order valence-corrected chi connectivity index (χ2v) is 4.90. The molecule has 1 N–H and O–H groups in total. The summed E-state index contributed by atoms with van der Waals surface area (Å²) in [6.45, 7) is 3.96. The number of halogens is 1. The number of aromatic amines is 1. The second-order valence-electron chi connectivity index (χ2n) is 3.98. The van der Waals surface area contributed by atoms with E-state index in [4.69, 9.17) is 9.47 Å². The van der Waals surface area contributed by atoms with Crippen LogP contribution in [-0.2, 0) is 0 Å². The first-order valence-corrected chi connectivity index (χ1v) is 6.31. The minimum Gasteiger partial charge on any atom is -0.493 e. The van der Waals surface area contributed by atoms with Crippen molar-refractivity contribution in [3.63, 3.8) is 0 Å². The minimum atomic E-state index is 0.675. The molecule has 0 saturated heterocycles. The number of imidazole rings is 1. The lowest BCUT2D eigenvalue weighted by atomic mass is 10.1. The lowest BCUT2D eigenvalue weighted by Crippen LogP contribution is -1.94. The average molecular weight is 311 g/mol. The molecule has 0 unspecified atom stereocenters. The number of aromatic nitrogens is 2. The SMILES string of the molecule is COc1cc(Br)cc(-c2nc(C)c(C)[nH]2)c1OC. The van der Waals surface area contributed by atoms with Gasteiger partial charge in [-0.15, -0.1) is 0 Å². The van der Waals surface area contributed by atoms with Crippen molar-refractivity contribution >= 4 is 15.9 Å². The minimum absolute atomic E-state index is 0.675. The van der Waals surface area contributed by atoms with E-state index in [9.17, 15) is 0 Å². The Morgan fingerprint density at radius 2 is 1.89 bits per heavy atom. The summed E-state index contributed by atoms with van der Waals surface area (Å²) < 4.78 is 11.7. The van der Waals surface area contributed by atoms with Gasteiger partial charge in [0.05, 0.1) is 25.5 Å². The maximum Gasteiger partial charge on any atom is 0.171 e. The van der Waals surface area contributed by atoms with Gasteiger partial charge in [0.15, 0.2) is 11.5 Å². The number of H-pyrrole nitrogens is 1.